The summed E-state index contributed by atoms with van der Waals surface area (Å²) >= 11 is 0. The van der Waals surface area contributed by atoms with Crippen molar-refractivity contribution in [2.45, 2.75) is 19.4 Å². The molecule has 0 radical (unpaired) electrons. The standard InChI is InChI=1S/C33H24F2N4O3/c34-25-13-10-21(15-26(25)35)18-39-19-36-17-24(33(39)42)30(40)8-4-1-5-20-9-12-23-29(16-20)38-32(41)31(23)28-14-11-22-6-2-3-7-27(22)37-28/h1-3,5-7,9-17,19,38,41H,4,8,18H2/b5-1+. The van der Waals surface area contributed by atoms with E-state index in [0.717, 1.165) is 39.5 Å². The quantitative estimate of drug-likeness (QED) is 0.202. The van der Waals surface area contributed by atoms with Gasteiger partial charge >= 0.3 is 0 Å². The van der Waals surface area contributed by atoms with Crippen molar-refractivity contribution in [3.63, 3.8) is 0 Å². The third kappa shape index (κ3) is 5.32. The maximum atomic E-state index is 13.5. The Labute approximate surface area is 238 Å². The average molecular weight is 563 g/mol. The molecule has 3 aromatic carbocycles. The highest BCUT2D eigenvalue weighted by Crippen LogP contribution is 2.36. The zero-order valence-electron chi connectivity index (χ0n) is 22.2. The van der Waals surface area contributed by atoms with Gasteiger partial charge in [0, 0.05) is 28.9 Å². The lowest BCUT2D eigenvalue weighted by Gasteiger charge is -2.07. The van der Waals surface area contributed by atoms with E-state index in [9.17, 15) is 23.5 Å². The van der Waals surface area contributed by atoms with Gasteiger partial charge in [-0.25, -0.2) is 18.7 Å². The largest absolute Gasteiger partial charge is 0.494 e. The molecule has 0 aliphatic carbocycles. The molecule has 0 bridgehead atoms. The molecule has 0 spiro atoms. The van der Waals surface area contributed by atoms with Crippen LogP contribution in [-0.4, -0.2) is 30.4 Å². The summed E-state index contributed by atoms with van der Waals surface area (Å²) in [5.41, 5.74) is 3.51. The van der Waals surface area contributed by atoms with Crippen molar-refractivity contribution in [2.24, 2.45) is 0 Å². The van der Waals surface area contributed by atoms with E-state index in [0.29, 0.717) is 23.2 Å². The monoisotopic (exact) mass is 562 g/mol. The smallest absolute Gasteiger partial charge is 0.264 e. The van der Waals surface area contributed by atoms with Crippen LogP contribution in [0.5, 0.6) is 5.88 Å². The van der Waals surface area contributed by atoms with Gasteiger partial charge < -0.3 is 10.1 Å². The molecule has 9 heteroatoms. The maximum absolute atomic E-state index is 13.5. The molecule has 42 heavy (non-hydrogen) atoms. The number of aromatic amines is 1. The van der Waals surface area contributed by atoms with Crippen molar-refractivity contribution in [1.82, 2.24) is 19.5 Å². The first kappa shape index (κ1) is 26.8. The van der Waals surface area contributed by atoms with Crippen LogP contribution in [0.1, 0.15) is 34.3 Å². The van der Waals surface area contributed by atoms with Gasteiger partial charge in [-0.05, 0) is 47.9 Å². The van der Waals surface area contributed by atoms with Crippen LogP contribution < -0.4 is 5.56 Å². The van der Waals surface area contributed by atoms with Crippen LogP contribution in [-0.2, 0) is 6.54 Å². The van der Waals surface area contributed by atoms with Gasteiger partial charge in [0.25, 0.3) is 5.56 Å². The number of para-hydroxylation sites is 1. The third-order valence-corrected chi connectivity index (χ3v) is 7.04. The molecule has 0 aliphatic heterocycles. The van der Waals surface area contributed by atoms with Crippen LogP contribution in [0, 0.1) is 11.6 Å². The lowest BCUT2D eigenvalue weighted by Crippen LogP contribution is -2.27. The molecular formula is C33H24F2N4O3. The van der Waals surface area contributed by atoms with E-state index in [2.05, 4.69) is 9.97 Å². The number of hydrogen-bond acceptors (Lipinski definition) is 5. The molecule has 2 N–H and O–H groups in total. The first-order valence-corrected chi connectivity index (χ1v) is 13.3. The fourth-order valence-electron chi connectivity index (χ4n) is 4.93. The first-order chi connectivity index (χ1) is 20.4. The van der Waals surface area contributed by atoms with E-state index in [4.69, 9.17) is 4.98 Å². The lowest BCUT2D eigenvalue weighted by atomic mass is 10.1. The van der Waals surface area contributed by atoms with Gasteiger partial charge in [0.1, 0.15) is 5.56 Å². The second kappa shape index (κ2) is 11.2. The number of allylic oxidation sites excluding steroid dienone is 1. The fraction of sp³-hybridized carbons (Fsp3) is 0.0909. The Bertz CT molecular complexity index is 2060. The van der Waals surface area contributed by atoms with Crippen molar-refractivity contribution in [3.05, 3.63) is 130 Å². The lowest BCUT2D eigenvalue weighted by molar-refractivity contribution is 0.0981. The number of hydrogen-bond donors (Lipinski definition) is 2. The van der Waals surface area contributed by atoms with E-state index in [1.807, 2.05) is 66.7 Å². The minimum absolute atomic E-state index is 0.0335. The summed E-state index contributed by atoms with van der Waals surface area (Å²) in [5, 5.41) is 12.5. The first-order valence-electron chi connectivity index (χ1n) is 13.3. The predicted octanol–water partition coefficient (Wildman–Crippen LogP) is 6.65. The molecule has 0 fully saturated rings. The summed E-state index contributed by atoms with van der Waals surface area (Å²) in [6.07, 6.45) is 6.66. The molecule has 3 heterocycles. The number of aromatic nitrogens is 4. The highest BCUT2D eigenvalue weighted by atomic mass is 19.2. The van der Waals surface area contributed by atoms with Crippen molar-refractivity contribution in [2.75, 3.05) is 0 Å². The van der Waals surface area contributed by atoms with Crippen LogP contribution in [0.15, 0.2) is 96.2 Å². The fourth-order valence-corrected chi connectivity index (χ4v) is 4.93. The molecule has 6 aromatic rings. The van der Waals surface area contributed by atoms with E-state index >= 15 is 0 Å². The number of rotatable bonds is 8. The summed E-state index contributed by atoms with van der Waals surface area (Å²) in [7, 11) is 0. The van der Waals surface area contributed by atoms with Gasteiger partial charge in [-0.3, -0.25) is 14.2 Å². The molecule has 0 aliphatic rings. The number of ketones is 1. The number of carbonyl (C=O) groups excluding carboxylic acids is 1. The van der Waals surface area contributed by atoms with Gasteiger partial charge in [0.15, 0.2) is 23.3 Å². The maximum Gasteiger partial charge on any atom is 0.264 e. The van der Waals surface area contributed by atoms with Crippen molar-refractivity contribution < 1.29 is 18.7 Å². The number of fused-ring (bicyclic) bond motifs is 2. The molecule has 208 valence electrons. The molecule has 0 atom stereocenters. The molecule has 0 unspecified atom stereocenters. The molecule has 0 amide bonds. The summed E-state index contributed by atoms with van der Waals surface area (Å²) in [6, 6.07) is 20.7. The highest BCUT2D eigenvalue weighted by Gasteiger charge is 2.16. The van der Waals surface area contributed by atoms with Crippen LogP contribution in [0.4, 0.5) is 8.78 Å². The zero-order valence-corrected chi connectivity index (χ0v) is 22.2. The minimum Gasteiger partial charge on any atom is -0.494 e. The number of H-pyrrole nitrogens is 1. The van der Waals surface area contributed by atoms with Crippen molar-refractivity contribution in [3.8, 4) is 17.1 Å². The van der Waals surface area contributed by atoms with E-state index < -0.39 is 17.2 Å². The van der Waals surface area contributed by atoms with Crippen LogP contribution >= 0.6 is 0 Å². The molecule has 3 aromatic heterocycles. The number of nitrogens with zero attached hydrogens (tertiary/aromatic N) is 3. The Morgan fingerprint density at radius 3 is 2.71 bits per heavy atom. The second-order valence-corrected chi connectivity index (χ2v) is 9.90. The normalized spacial score (nSPS) is 11.6. The molecule has 7 nitrogen and oxygen atoms in total. The van der Waals surface area contributed by atoms with Crippen LogP contribution in [0.25, 0.3) is 39.1 Å². The second-order valence-electron chi connectivity index (χ2n) is 9.90. The van der Waals surface area contributed by atoms with E-state index in [1.165, 1.54) is 23.2 Å². The number of nitrogens with one attached hydrogen (secondary N) is 1. The van der Waals surface area contributed by atoms with Gasteiger partial charge in [0.2, 0.25) is 0 Å². The summed E-state index contributed by atoms with van der Waals surface area (Å²) in [4.78, 5) is 37.3. The van der Waals surface area contributed by atoms with Gasteiger partial charge in [0.05, 0.1) is 29.6 Å². The van der Waals surface area contributed by atoms with E-state index in [-0.39, 0.29) is 30.2 Å². The van der Waals surface area contributed by atoms with Crippen molar-refractivity contribution >= 4 is 33.7 Å². The molecule has 6 rings (SSSR count). The summed E-state index contributed by atoms with van der Waals surface area (Å²) in [6.45, 7) is -0.0422. The highest BCUT2D eigenvalue weighted by molar-refractivity contribution is 6.00. The Balaban J connectivity index is 1.14. The van der Waals surface area contributed by atoms with Gasteiger partial charge in [-0.15, -0.1) is 0 Å². The third-order valence-electron chi connectivity index (χ3n) is 7.04. The average Bonchev–Trinajstić information content (AvgIpc) is 3.32. The zero-order chi connectivity index (χ0) is 29.2. The van der Waals surface area contributed by atoms with E-state index in [1.54, 1.807) is 0 Å². The molecule has 0 saturated carbocycles. The van der Waals surface area contributed by atoms with Crippen molar-refractivity contribution in [1.29, 1.82) is 0 Å². The van der Waals surface area contributed by atoms with Crippen LogP contribution in [0.3, 0.4) is 0 Å². The SMILES string of the molecule is O=C(CC/C=C/c1ccc2c(-c3ccc4ccccc4n3)c(O)[nH]c2c1)c1cncn(Cc2ccc(F)c(F)c2)c1=O. The topological polar surface area (TPSA) is 101 Å². The number of aromatic hydroxyl groups is 1. The Kier molecular flexibility index (Phi) is 7.14. The number of pyridine rings is 1. The Hall–Kier alpha value is -5.44. The number of carbonyl (C=O) groups is 1. The Morgan fingerprint density at radius 1 is 1.00 bits per heavy atom. The summed E-state index contributed by atoms with van der Waals surface area (Å²) < 4.78 is 28.0. The molecular weight excluding hydrogens is 538 g/mol. The predicted molar refractivity (Wildman–Crippen MR) is 157 cm³/mol. The number of halogens is 2. The van der Waals surface area contributed by atoms with Gasteiger partial charge in [-0.2, -0.15) is 0 Å². The summed E-state index contributed by atoms with van der Waals surface area (Å²) in [5.74, 6) is -2.32. The number of Topliss-reactive ketones (excluding diaryl/α,β-unsaturated/α-hetero) is 1. The minimum atomic E-state index is -1.01. The van der Waals surface area contributed by atoms with Gasteiger partial charge in [-0.1, -0.05) is 54.6 Å². The Morgan fingerprint density at radius 2 is 1.86 bits per heavy atom. The molecule has 0 saturated heterocycles. The number of benzene rings is 3. The van der Waals surface area contributed by atoms with Crippen LogP contribution in [0.2, 0.25) is 0 Å².